The van der Waals surface area contributed by atoms with Crippen molar-refractivity contribution in [2.45, 2.75) is 13.3 Å². The molecule has 0 unspecified atom stereocenters. The van der Waals surface area contributed by atoms with Crippen LogP contribution in [0.4, 0.5) is 11.4 Å². The van der Waals surface area contributed by atoms with Gasteiger partial charge in [-0.25, -0.2) is 0 Å². The van der Waals surface area contributed by atoms with E-state index in [1.54, 1.807) is 24.3 Å². The van der Waals surface area contributed by atoms with Gasteiger partial charge in [-0.3, -0.25) is 14.9 Å². The van der Waals surface area contributed by atoms with Crippen molar-refractivity contribution in [1.82, 2.24) is 0 Å². The number of carbonyl (C=O) groups is 1. The van der Waals surface area contributed by atoms with Gasteiger partial charge in [-0.2, -0.15) is 0 Å². The maximum atomic E-state index is 12.2. The van der Waals surface area contributed by atoms with Crippen molar-refractivity contribution in [2.24, 2.45) is 0 Å². The number of nitrogens with zero attached hydrogens (tertiary/aromatic N) is 1. The summed E-state index contributed by atoms with van der Waals surface area (Å²) in [6.07, 6.45) is 0.571. The van der Waals surface area contributed by atoms with Gasteiger partial charge in [0.1, 0.15) is 0 Å². The summed E-state index contributed by atoms with van der Waals surface area (Å²) in [5, 5.41) is 13.7. The van der Waals surface area contributed by atoms with E-state index in [9.17, 15) is 14.9 Å². The first-order valence-electron chi connectivity index (χ1n) is 6.36. The van der Waals surface area contributed by atoms with Gasteiger partial charge >= 0.3 is 0 Å². The van der Waals surface area contributed by atoms with E-state index in [0.29, 0.717) is 23.2 Å². The summed E-state index contributed by atoms with van der Waals surface area (Å²) in [7, 11) is 0. The van der Waals surface area contributed by atoms with Crippen LogP contribution < -0.4 is 5.32 Å². The van der Waals surface area contributed by atoms with Gasteiger partial charge in [0.2, 0.25) is 0 Å². The Bertz CT molecular complexity index is 701. The SMILES string of the molecule is CCc1ccc(NC(=O)c2ccccc2I)cc1[N+](=O)[O-]. The highest BCUT2D eigenvalue weighted by molar-refractivity contribution is 14.1. The zero-order valence-corrected chi connectivity index (χ0v) is 13.5. The predicted octanol–water partition coefficient (Wildman–Crippen LogP) is 4.01. The van der Waals surface area contributed by atoms with E-state index in [4.69, 9.17) is 0 Å². The molecule has 0 spiro atoms. The summed E-state index contributed by atoms with van der Waals surface area (Å²) in [6, 6.07) is 11.9. The van der Waals surface area contributed by atoms with Crippen molar-refractivity contribution < 1.29 is 9.72 Å². The molecule has 0 aliphatic rings. The molecule has 0 fully saturated rings. The third-order valence-electron chi connectivity index (χ3n) is 3.04. The van der Waals surface area contributed by atoms with E-state index in [1.165, 1.54) is 6.07 Å². The summed E-state index contributed by atoms with van der Waals surface area (Å²) in [6.45, 7) is 1.85. The molecule has 0 bridgehead atoms. The molecule has 21 heavy (non-hydrogen) atoms. The van der Waals surface area contributed by atoms with Gasteiger partial charge in [-0.1, -0.05) is 25.1 Å². The highest BCUT2D eigenvalue weighted by Crippen LogP contribution is 2.24. The fraction of sp³-hybridized carbons (Fsp3) is 0.133. The van der Waals surface area contributed by atoms with Gasteiger partial charge in [0, 0.05) is 20.9 Å². The minimum Gasteiger partial charge on any atom is -0.322 e. The van der Waals surface area contributed by atoms with Gasteiger partial charge in [0.25, 0.3) is 11.6 Å². The Morgan fingerprint density at radius 1 is 1.29 bits per heavy atom. The van der Waals surface area contributed by atoms with E-state index >= 15 is 0 Å². The highest BCUT2D eigenvalue weighted by Gasteiger charge is 2.15. The number of carbonyl (C=O) groups excluding carboxylic acids is 1. The van der Waals surface area contributed by atoms with Crippen molar-refractivity contribution >= 4 is 39.9 Å². The molecule has 0 aliphatic carbocycles. The number of nitro benzene ring substituents is 1. The van der Waals surface area contributed by atoms with Crippen LogP contribution in [-0.4, -0.2) is 10.8 Å². The lowest BCUT2D eigenvalue weighted by Crippen LogP contribution is -2.13. The van der Waals surface area contributed by atoms with Crippen molar-refractivity contribution in [3.63, 3.8) is 0 Å². The quantitative estimate of drug-likeness (QED) is 0.482. The van der Waals surface area contributed by atoms with Crippen LogP contribution in [0.5, 0.6) is 0 Å². The lowest BCUT2D eigenvalue weighted by atomic mass is 10.1. The summed E-state index contributed by atoms with van der Waals surface area (Å²) in [5.41, 5.74) is 1.63. The molecule has 6 heteroatoms. The molecule has 1 amide bonds. The topological polar surface area (TPSA) is 72.2 Å². The molecule has 0 saturated carbocycles. The maximum absolute atomic E-state index is 12.2. The van der Waals surface area contributed by atoms with Crippen LogP contribution in [0.15, 0.2) is 42.5 Å². The fourth-order valence-electron chi connectivity index (χ4n) is 1.95. The Morgan fingerprint density at radius 3 is 2.62 bits per heavy atom. The first-order valence-corrected chi connectivity index (χ1v) is 7.44. The Balaban J connectivity index is 2.28. The van der Waals surface area contributed by atoms with Crippen molar-refractivity contribution in [3.8, 4) is 0 Å². The first-order chi connectivity index (χ1) is 10.0. The lowest BCUT2D eigenvalue weighted by Gasteiger charge is -2.08. The average molecular weight is 396 g/mol. The molecule has 0 heterocycles. The molecular formula is C15H13IN2O3. The van der Waals surface area contributed by atoms with Crippen LogP contribution in [-0.2, 0) is 6.42 Å². The second-order valence-electron chi connectivity index (χ2n) is 4.39. The summed E-state index contributed by atoms with van der Waals surface area (Å²) < 4.78 is 0.826. The summed E-state index contributed by atoms with van der Waals surface area (Å²) in [5.74, 6) is -0.279. The molecule has 0 atom stereocenters. The number of aryl methyl sites for hydroxylation is 1. The number of hydrogen-bond acceptors (Lipinski definition) is 3. The predicted molar refractivity (Wildman–Crippen MR) is 89.6 cm³/mol. The molecule has 0 aliphatic heterocycles. The second-order valence-corrected chi connectivity index (χ2v) is 5.55. The number of anilines is 1. The minimum absolute atomic E-state index is 0.0260. The lowest BCUT2D eigenvalue weighted by molar-refractivity contribution is -0.385. The van der Waals surface area contributed by atoms with Gasteiger partial charge in [0.05, 0.1) is 10.5 Å². The standard InChI is InChI=1S/C15H13IN2O3/c1-2-10-7-8-11(9-14(10)18(20)21)17-15(19)12-5-3-4-6-13(12)16/h3-9H,2H2,1H3,(H,17,19). The molecule has 0 aromatic heterocycles. The van der Waals surface area contributed by atoms with E-state index in [0.717, 1.165) is 3.57 Å². The smallest absolute Gasteiger partial charge is 0.274 e. The largest absolute Gasteiger partial charge is 0.322 e. The third kappa shape index (κ3) is 3.57. The normalized spacial score (nSPS) is 10.2. The van der Waals surface area contributed by atoms with Crippen molar-refractivity contribution in [2.75, 3.05) is 5.32 Å². The molecule has 0 radical (unpaired) electrons. The third-order valence-corrected chi connectivity index (χ3v) is 3.98. The number of nitrogens with one attached hydrogen (secondary N) is 1. The molecular weight excluding hydrogens is 383 g/mol. The number of amides is 1. The number of halogens is 1. The monoisotopic (exact) mass is 396 g/mol. The molecule has 2 rings (SSSR count). The highest BCUT2D eigenvalue weighted by atomic mass is 127. The number of hydrogen-bond donors (Lipinski definition) is 1. The van der Waals surface area contributed by atoms with Gasteiger partial charge < -0.3 is 5.32 Å². The zero-order chi connectivity index (χ0) is 15.4. The van der Waals surface area contributed by atoms with E-state index < -0.39 is 4.92 Å². The minimum atomic E-state index is -0.430. The van der Waals surface area contributed by atoms with E-state index in [1.807, 2.05) is 19.1 Å². The Hall–Kier alpha value is -1.96. The van der Waals surface area contributed by atoms with Crippen molar-refractivity contribution in [1.29, 1.82) is 0 Å². The van der Waals surface area contributed by atoms with Crippen LogP contribution in [0.3, 0.4) is 0 Å². The summed E-state index contributed by atoms with van der Waals surface area (Å²) >= 11 is 2.08. The average Bonchev–Trinajstić information content (AvgIpc) is 2.47. The van der Waals surface area contributed by atoms with Crippen molar-refractivity contribution in [3.05, 3.63) is 67.3 Å². The molecule has 5 nitrogen and oxygen atoms in total. The van der Waals surface area contributed by atoms with Crippen LogP contribution in [0.2, 0.25) is 0 Å². The Kier molecular flexibility index (Phi) is 4.89. The fourth-order valence-corrected chi connectivity index (χ4v) is 2.59. The molecule has 108 valence electrons. The number of rotatable bonds is 4. The molecule has 0 saturated heterocycles. The Morgan fingerprint density at radius 2 is 2.00 bits per heavy atom. The maximum Gasteiger partial charge on any atom is 0.274 e. The second kappa shape index (κ2) is 6.66. The van der Waals surface area contributed by atoms with Crippen LogP contribution in [0.1, 0.15) is 22.8 Å². The van der Waals surface area contributed by atoms with Crippen LogP contribution in [0, 0.1) is 13.7 Å². The number of nitro groups is 1. The van der Waals surface area contributed by atoms with Gasteiger partial charge in [0.15, 0.2) is 0 Å². The van der Waals surface area contributed by atoms with Crippen LogP contribution in [0.25, 0.3) is 0 Å². The van der Waals surface area contributed by atoms with E-state index in [2.05, 4.69) is 27.9 Å². The number of benzene rings is 2. The Labute approximate surface area is 135 Å². The molecule has 2 aromatic rings. The first kappa shape index (κ1) is 15.4. The van der Waals surface area contributed by atoms with E-state index in [-0.39, 0.29) is 11.6 Å². The van der Waals surface area contributed by atoms with Crippen LogP contribution >= 0.6 is 22.6 Å². The summed E-state index contributed by atoms with van der Waals surface area (Å²) in [4.78, 5) is 22.8. The van der Waals surface area contributed by atoms with Gasteiger partial charge in [-0.15, -0.1) is 0 Å². The molecule has 1 N–H and O–H groups in total. The van der Waals surface area contributed by atoms with Gasteiger partial charge in [-0.05, 0) is 47.2 Å². The zero-order valence-electron chi connectivity index (χ0n) is 11.3. The molecule has 2 aromatic carbocycles.